The van der Waals surface area contributed by atoms with Crippen LogP contribution in [0.25, 0.3) is 29.6 Å². The number of carbonyl (C=O) groups is 2. The number of hydrogen-bond donors (Lipinski definition) is 2. The number of carboxylic acids is 2. The fourth-order valence-electron chi connectivity index (χ4n) is 6.56. The minimum Gasteiger partial charge on any atom is -0.674 e. The van der Waals surface area contributed by atoms with E-state index in [1.54, 1.807) is 0 Å². The van der Waals surface area contributed by atoms with E-state index in [1.807, 2.05) is 32.9 Å². The van der Waals surface area contributed by atoms with Gasteiger partial charge in [-0.25, -0.2) is 0 Å². The number of nitrogens with zero attached hydrogens (tertiary/aromatic N) is 4. The van der Waals surface area contributed by atoms with E-state index in [0.717, 1.165) is 60.8 Å². The summed E-state index contributed by atoms with van der Waals surface area (Å²) in [5, 5.41) is 27.5. The van der Waals surface area contributed by atoms with Gasteiger partial charge in [-0.1, -0.05) is 51.6 Å². The van der Waals surface area contributed by atoms with Gasteiger partial charge in [-0.2, -0.15) is 6.42 Å². The third-order valence-corrected chi connectivity index (χ3v) is 11.0. The molecule has 3 aliphatic heterocycles. The summed E-state index contributed by atoms with van der Waals surface area (Å²) in [4.78, 5) is 38.1. The van der Waals surface area contributed by atoms with Gasteiger partial charge in [0.05, 0.1) is 5.25 Å². The van der Waals surface area contributed by atoms with Gasteiger partial charge in [-0.15, -0.1) is 44.6 Å². The Bertz CT molecular complexity index is 1960. The van der Waals surface area contributed by atoms with Gasteiger partial charge >= 0.3 is 29.0 Å². The molecule has 8 bridgehead atoms. The van der Waals surface area contributed by atoms with E-state index in [4.69, 9.17) is 20.3 Å². The minimum absolute atomic E-state index is 0. The molecule has 1 spiro atoms. The maximum absolute atomic E-state index is 11.6. The third-order valence-electron chi connectivity index (χ3n) is 9.25. The number of carboxylic acid groups (broad SMARTS) is 2. The summed E-state index contributed by atoms with van der Waals surface area (Å²) in [7, 11) is 0. The molecule has 6 rings (SSSR count). The first-order valence-electron chi connectivity index (χ1n) is 14.5. The molecule has 0 aromatic carbocycles. The number of hydrogen-bond acceptors (Lipinski definition) is 2. The van der Waals surface area contributed by atoms with Crippen molar-refractivity contribution in [2.24, 2.45) is 0 Å². The predicted molar refractivity (Wildman–Crippen MR) is 170 cm³/mol. The van der Waals surface area contributed by atoms with Crippen LogP contribution >= 0.6 is 0 Å². The SMILES string of the molecule is [CH2-]Cc1c(C)/c2[n-]/c1=C\C1=C(C)[C@]3([SH+][C@@H]3[CH2-])C(/C=c3\[n-]/c(c(CCC(=O)O)c3C)=C\c3[n-]c(c(C)c3CCC(=O)O)\C=2)[N-]1.[Fe+4]. The van der Waals surface area contributed by atoms with Gasteiger partial charge in [0.25, 0.3) is 0 Å². The van der Waals surface area contributed by atoms with Crippen LogP contribution in [0.4, 0.5) is 0 Å². The first-order chi connectivity index (χ1) is 20.4. The molecule has 1 fully saturated rings. The second-order valence-corrected chi connectivity index (χ2v) is 13.3. The Morgan fingerprint density at radius 2 is 1.39 bits per heavy atom. The Hall–Kier alpha value is -3.33. The molecule has 1 saturated heterocycles. The van der Waals surface area contributed by atoms with Crippen LogP contribution in [-0.2, 0) is 57.7 Å². The Morgan fingerprint density at radius 1 is 0.818 bits per heavy atom. The first kappa shape index (κ1) is 32.1. The number of thiol groups is 1. The average molecular weight is 652 g/mol. The zero-order chi connectivity index (χ0) is 30.8. The first-order valence-corrected chi connectivity index (χ1v) is 15.5. The van der Waals surface area contributed by atoms with Gasteiger partial charge in [0.15, 0.2) is 4.75 Å². The van der Waals surface area contributed by atoms with Crippen LogP contribution in [0.5, 0.6) is 0 Å². The number of rotatable bonds is 7. The molecule has 230 valence electrons. The summed E-state index contributed by atoms with van der Waals surface area (Å²) in [6.45, 7) is 16.7. The number of aliphatic carboxylic acids is 2. The standard InChI is InChI=1S/C34H34N4O4S.Fe/c1-7-21-16(2)24-12-25-17(3)22(8-10-32(39)40)29(36-25)14-30-23(9-11-33(41)42)18(4)26(37-30)15-31-34(20(6)43-34)19(5)27(38-31)13-28(21)35-24;/h12-15,20,31H,1,6-11H2,2-5H3,(H,39,40)(H,41,42);/q-6;+4/p+1/b24-12-,26-15-,28-13-,30-14-;/t20-,31?,34-;/m1./s1. The smallest absolute Gasteiger partial charge is 0.674 e. The summed E-state index contributed by atoms with van der Waals surface area (Å²) >= 11 is 1.22. The van der Waals surface area contributed by atoms with E-state index in [0.29, 0.717) is 30.3 Å². The van der Waals surface area contributed by atoms with E-state index < -0.39 is 11.9 Å². The van der Waals surface area contributed by atoms with Gasteiger partial charge in [-0.3, -0.25) is 16.5 Å². The maximum atomic E-state index is 11.6. The second-order valence-electron chi connectivity index (χ2n) is 11.6. The number of fused-ring (bicyclic) bond motifs is 9. The van der Waals surface area contributed by atoms with E-state index >= 15 is 0 Å². The van der Waals surface area contributed by atoms with Gasteiger partial charge < -0.3 is 37.4 Å². The molecular weight excluding hydrogens is 616 g/mol. The third kappa shape index (κ3) is 5.31. The van der Waals surface area contributed by atoms with Crippen LogP contribution in [0.15, 0.2) is 11.3 Å². The average Bonchev–Trinajstić information content (AvgIpc) is 3.09. The molecule has 8 nitrogen and oxygen atoms in total. The molecule has 2 N–H and O–H groups in total. The molecule has 3 atom stereocenters. The Balaban J connectivity index is 0.00000384. The van der Waals surface area contributed by atoms with Crippen molar-refractivity contribution in [2.45, 2.75) is 75.8 Å². The molecule has 3 aromatic heterocycles. The molecule has 0 radical (unpaired) electrons. The Labute approximate surface area is 271 Å². The monoisotopic (exact) mass is 651 g/mol. The molecule has 0 aliphatic carbocycles. The summed E-state index contributed by atoms with van der Waals surface area (Å²) in [5.41, 5.74) is 9.09. The molecule has 10 heteroatoms. The van der Waals surface area contributed by atoms with Crippen molar-refractivity contribution >= 4 is 48.0 Å². The van der Waals surface area contributed by atoms with Crippen LogP contribution in [0, 0.1) is 34.6 Å². The van der Waals surface area contributed by atoms with E-state index in [2.05, 4.69) is 32.9 Å². The fourth-order valence-corrected chi connectivity index (χ4v) is 7.94. The van der Waals surface area contributed by atoms with E-state index in [9.17, 15) is 19.8 Å². The largest absolute Gasteiger partial charge is 4.00 e. The van der Waals surface area contributed by atoms with Gasteiger partial charge in [0.2, 0.25) is 0 Å². The van der Waals surface area contributed by atoms with Crippen molar-refractivity contribution in [2.75, 3.05) is 0 Å². The normalized spacial score (nSPS) is 24.6. The van der Waals surface area contributed by atoms with Gasteiger partial charge in [-0.05, 0) is 63.9 Å². The van der Waals surface area contributed by atoms with Crippen molar-refractivity contribution in [3.8, 4) is 0 Å². The van der Waals surface area contributed by atoms with E-state index in [-0.39, 0.29) is 45.9 Å². The van der Waals surface area contributed by atoms with Crippen LogP contribution < -0.4 is 36.3 Å². The molecule has 3 aromatic rings. The zero-order valence-electron chi connectivity index (χ0n) is 25.2. The summed E-state index contributed by atoms with van der Waals surface area (Å²) < 4.78 is -0.194. The summed E-state index contributed by atoms with van der Waals surface area (Å²) in [6.07, 6.45) is 9.18. The topological polar surface area (TPSA) is 131 Å². The van der Waals surface area contributed by atoms with Gasteiger partial charge in [0, 0.05) is 12.8 Å². The number of allylic oxidation sites excluding steroid dienone is 1. The number of aromatic nitrogens is 3. The summed E-state index contributed by atoms with van der Waals surface area (Å²) in [5.74, 6) is -1.76. The fraction of sp³-hybridized carbons (Fsp3) is 0.353. The molecular formula is C34H35FeN4O4S-. The van der Waals surface area contributed by atoms with Crippen molar-refractivity contribution in [1.29, 1.82) is 0 Å². The zero-order valence-corrected chi connectivity index (χ0v) is 27.2. The van der Waals surface area contributed by atoms with Crippen LogP contribution in [-0.4, -0.2) is 38.2 Å². The van der Waals surface area contributed by atoms with Gasteiger partial charge in [0.1, 0.15) is 0 Å². The van der Waals surface area contributed by atoms with Crippen LogP contribution in [0.1, 0.15) is 64.5 Å². The molecule has 0 amide bonds. The molecule has 3 aliphatic rings. The maximum Gasteiger partial charge on any atom is 4.00 e. The van der Waals surface area contributed by atoms with Crippen molar-refractivity contribution in [3.63, 3.8) is 0 Å². The van der Waals surface area contributed by atoms with Crippen molar-refractivity contribution in [1.82, 2.24) is 15.0 Å². The van der Waals surface area contributed by atoms with E-state index in [1.165, 1.54) is 17.3 Å². The minimum atomic E-state index is -0.883. The molecule has 1 unspecified atom stereocenters. The Kier molecular flexibility index (Phi) is 8.66. The predicted octanol–water partition coefficient (Wildman–Crippen LogP) is 0.924. The Morgan fingerprint density at radius 3 is 2.00 bits per heavy atom. The van der Waals surface area contributed by atoms with Crippen molar-refractivity contribution in [3.05, 3.63) is 96.6 Å². The quantitative estimate of drug-likeness (QED) is 0.128. The molecule has 0 saturated carbocycles. The van der Waals surface area contributed by atoms with Crippen molar-refractivity contribution < 1.29 is 36.9 Å². The molecule has 44 heavy (non-hydrogen) atoms. The van der Waals surface area contributed by atoms with Crippen LogP contribution in [0.2, 0.25) is 0 Å². The molecule has 6 heterocycles. The second kappa shape index (κ2) is 11.9. The van der Waals surface area contributed by atoms with Crippen LogP contribution in [0.3, 0.4) is 0 Å². The summed E-state index contributed by atoms with van der Waals surface area (Å²) in [6, 6.07) is -0.160.